The van der Waals surface area contributed by atoms with Crippen LogP contribution in [0.25, 0.3) is 0 Å². The van der Waals surface area contributed by atoms with Gasteiger partial charge in [0.25, 0.3) is 0 Å². The van der Waals surface area contributed by atoms with Gasteiger partial charge in [-0.2, -0.15) is 8.42 Å². The Labute approximate surface area is 161 Å². The van der Waals surface area contributed by atoms with Gasteiger partial charge in [0.15, 0.2) is 11.6 Å². The van der Waals surface area contributed by atoms with E-state index >= 15 is 0 Å². The molecule has 0 saturated carbocycles. The van der Waals surface area contributed by atoms with Crippen LogP contribution < -0.4 is 8.92 Å². The van der Waals surface area contributed by atoms with E-state index in [9.17, 15) is 18.0 Å². The highest BCUT2D eigenvalue weighted by Crippen LogP contribution is 2.30. The molecule has 0 N–H and O–H groups in total. The highest BCUT2D eigenvalue weighted by Gasteiger charge is 2.31. The molecule has 28 heavy (non-hydrogen) atoms. The lowest BCUT2D eigenvalue weighted by Gasteiger charge is -2.18. The second kappa shape index (κ2) is 6.61. The third-order valence-electron chi connectivity index (χ3n) is 4.45. The van der Waals surface area contributed by atoms with Crippen LogP contribution in [0.2, 0.25) is 0 Å². The monoisotopic (exact) mass is 394 g/mol. The summed E-state index contributed by atoms with van der Waals surface area (Å²) in [6, 6.07) is 16.3. The number of methoxy groups -OCH3 is 1. The second-order valence-electron chi connectivity index (χ2n) is 6.12. The summed E-state index contributed by atoms with van der Waals surface area (Å²) < 4.78 is 35.4. The highest BCUT2D eigenvalue weighted by molar-refractivity contribution is 7.87. The van der Waals surface area contributed by atoms with E-state index in [0.29, 0.717) is 11.3 Å². The Morgan fingerprint density at radius 1 is 0.679 bits per heavy atom. The number of rotatable bonds is 4. The lowest BCUT2D eigenvalue weighted by Crippen LogP contribution is -2.21. The number of fused-ring (bicyclic) bond motifs is 2. The topological polar surface area (TPSA) is 86.7 Å². The summed E-state index contributed by atoms with van der Waals surface area (Å²) in [6.07, 6.45) is 0. The van der Waals surface area contributed by atoms with Crippen LogP contribution in [0.1, 0.15) is 31.8 Å². The van der Waals surface area contributed by atoms with Crippen LogP contribution in [-0.2, 0) is 10.1 Å². The number of benzene rings is 3. The minimum atomic E-state index is -4.19. The Morgan fingerprint density at radius 3 is 1.82 bits per heavy atom. The molecule has 140 valence electrons. The fourth-order valence-electron chi connectivity index (χ4n) is 3.04. The van der Waals surface area contributed by atoms with Crippen LogP contribution in [0.15, 0.2) is 71.6 Å². The summed E-state index contributed by atoms with van der Waals surface area (Å²) in [5, 5.41) is 0. The standard InChI is InChI=1S/C21H14O6S/c1-26-13-6-8-14(9-7-13)27-28(24,25)15-10-11-18-19(12-15)21(23)17-5-3-2-4-16(17)20(18)22/h2-12H,1H3. The van der Waals surface area contributed by atoms with E-state index in [4.69, 9.17) is 8.92 Å². The predicted molar refractivity (Wildman–Crippen MR) is 101 cm³/mol. The summed E-state index contributed by atoms with van der Waals surface area (Å²) in [5.41, 5.74) is 0.783. The van der Waals surface area contributed by atoms with Crippen LogP contribution in [0.5, 0.6) is 11.5 Å². The SMILES string of the molecule is COc1ccc(OS(=O)(=O)c2ccc3c(c2)C(=O)c2ccccc2C3=O)cc1. The van der Waals surface area contributed by atoms with Crippen molar-refractivity contribution in [2.45, 2.75) is 4.90 Å². The molecule has 3 aromatic rings. The van der Waals surface area contributed by atoms with E-state index in [0.717, 1.165) is 0 Å². The van der Waals surface area contributed by atoms with E-state index < -0.39 is 15.9 Å². The Hall–Kier alpha value is -3.45. The molecule has 1 aliphatic rings. The predicted octanol–water partition coefficient (Wildman–Crippen LogP) is 3.24. The molecule has 0 aliphatic heterocycles. The molecule has 3 aromatic carbocycles. The van der Waals surface area contributed by atoms with Gasteiger partial charge in [0.2, 0.25) is 0 Å². The first kappa shape index (κ1) is 17.9. The average Bonchev–Trinajstić information content (AvgIpc) is 2.72. The van der Waals surface area contributed by atoms with E-state index in [1.165, 1.54) is 37.4 Å². The number of hydrogen-bond donors (Lipinski definition) is 0. The van der Waals surface area contributed by atoms with Crippen LogP contribution in [-0.4, -0.2) is 27.1 Å². The normalized spacial score (nSPS) is 12.9. The van der Waals surface area contributed by atoms with Crippen LogP contribution in [0.4, 0.5) is 0 Å². The first-order valence-corrected chi connectivity index (χ1v) is 9.72. The molecule has 0 spiro atoms. The van der Waals surface area contributed by atoms with Crippen molar-refractivity contribution < 1.29 is 26.9 Å². The molecule has 0 aromatic heterocycles. The third kappa shape index (κ3) is 2.95. The van der Waals surface area contributed by atoms with E-state index in [1.807, 2.05) is 0 Å². The molecule has 0 unspecified atom stereocenters. The molecule has 0 fully saturated rings. The molecule has 1 aliphatic carbocycles. The van der Waals surface area contributed by atoms with Gasteiger partial charge in [0.1, 0.15) is 16.4 Å². The Kier molecular flexibility index (Phi) is 4.24. The molecule has 0 atom stereocenters. The van der Waals surface area contributed by atoms with E-state index in [2.05, 4.69) is 0 Å². The molecular formula is C21H14O6S. The smallest absolute Gasteiger partial charge is 0.339 e. The van der Waals surface area contributed by atoms with Gasteiger partial charge in [-0.1, -0.05) is 24.3 Å². The minimum absolute atomic E-state index is 0.0445. The molecule has 0 bridgehead atoms. The fourth-order valence-corrected chi connectivity index (χ4v) is 4.00. The summed E-state index contributed by atoms with van der Waals surface area (Å²) in [4.78, 5) is 25.2. The summed E-state index contributed by atoms with van der Waals surface area (Å²) >= 11 is 0. The van der Waals surface area contributed by atoms with Crippen LogP contribution in [0.3, 0.4) is 0 Å². The van der Waals surface area contributed by atoms with Crippen molar-refractivity contribution >= 4 is 21.7 Å². The summed E-state index contributed by atoms with van der Waals surface area (Å²) in [5.74, 6) is -0.0514. The lowest BCUT2D eigenvalue weighted by molar-refractivity contribution is 0.0979. The van der Waals surface area contributed by atoms with Crippen LogP contribution >= 0.6 is 0 Å². The van der Waals surface area contributed by atoms with Gasteiger partial charge in [-0.25, -0.2) is 0 Å². The molecule has 0 saturated heterocycles. The van der Waals surface area contributed by atoms with Crippen molar-refractivity contribution in [3.63, 3.8) is 0 Å². The van der Waals surface area contributed by atoms with Crippen molar-refractivity contribution in [2.24, 2.45) is 0 Å². The number of ether oxygens (including phenoxy) is 1. The molecule has 0 heterocycles. The highest BCUT2D eigenvalue weighted by atomic mass is 32.2. The zero-order valence-electron chi connectivity index (χ0n) is 14.7. The van der Waals surface area contributed by atoms with Crippen molar-refractivity contribution in [1.29, 1.82) is 0 Å². The Balaban J connectivity index is 1.72. The van der Waals surface area contributed by atoms with Gasteiger partial charge < -0.3 is 8.92 Å². The van der Waals surface area contributed by atoms with Crippen LogP contribution in [0, 0.1) is 0 Å². The van der Waals surface area contributed by atoms with Gasteiger partial charge in [-0.3, -0.25) is 9.59 Å². The number of carbonyl (C=O) groups excluding carboxylic acids is 2. The van der Waals surface area contributed by atoms with Crippen molar-refractivity contribution in [3.8, 4) is 11.5 Å². The number of hydrogen-bond acceptors (Lipinski definition) is 6. The molecule has 0 amide bonds. The van der Waals surface area contributed by atoms with E-state index in [-0.39, 0.29) is 33.1 Å². The number of carbonyl (C=O) groups is 2. The average molecular weight is 394 g/mol. The summed E-state index contributed by atoms with van der Waals surface area (Å²) in [6.45, 7) is 0. The van der Waals surface area contributed by atoms with Gasteiger partial charge in [0.05, 0.1) is 7.11 Å². The Bertz CT molecular complexity index is 1210. The zero-order valence-corrected chi connectivity index (χ0v) is 15.5. The first-order chi connectivity index (χ1) is 13.4. The molecular weight excluding hydrogens is 380 g/mol. The molecule has 0 radical (unpaired) electrons. The zero-order chi connectivity index (χ0) is 19.9. The lowest BCUT2D eigenvalue weighted by atomic mass is 9.84. The van der Waals surface area contributed by atoms with Crippen molar-refractivity contribution in [2.75, 3.05) is 7.11 Å². The maximum absolute atomic E-state index is 12.8. The number of ketones is 2. The molecule has 4 rings (SSSR count). The fraction of sp³-hybridized carbons (Fsp3) is 0.0476. The molecule has 7 heteroatoms. The van der Waals surface area contributed by atoms with Crippen molar-refractivity contribution in [3.05, 3.63) is 89.0 Å². The van der Waals surface area contributed by atoms with Gasteiger partial charge in [0, 0.05) is 22.3 Å². The largest absolute Gasteiger partial charge is 0.497 e. The first-order valence-electron chi connectivity index (χ1n) is 8.32. The molecule has 6 nitrogen and oxygen atoms in total. The van der Waals surface area contributed by atoms with Gasteiger partial charge in [-0.05, 0) is 42.5 Å². The van der Waals surface area contributed by atoms with Gasteiger partial charge in [-0.15, -0.1) is 0 Å². The third-order valence-corrected chi connectivity index (χ3v) is 5.69. The summed E-state index contributed by atoms with van der Waals surface area (Å²) in [7, 11) is -2.69. The Morgan fingerprint density at radius 2 is 1.21 bits per heavy atom. The quantitative estimate of drug-likeness (QED) is 0.494. The van der Waals surface area contributed by atoms with Gasteiger partial charge >= 0.3 is 10.1 Å². The van der Waals surface area contributed by atoms with E-state index in [1.54, 1.807) is 36.4 Å². The second-order valence-corrected chi connectivity index (χ2v) is 7.67. The maximum Gasteiger partial charge on any atom is 0.339 e. The minimum Gasteiger partial charge on any atom is -0.497 e. The van der Waals surface area contributed by atoms with Crippen molar-refractivity contribution in [1.82, 2.24) is 0 Å². The maximum atomic E-state index is 12.8.